The minimum Gasteiger partial charge on any atom is -0.489 e. The number of benzene rings is 2. The number of carbonyl (C=O) groups is 2. The minimum absolute atomic E-state index is 0.143. The summed E-state index contributed by atoms with van der Waals surface area (Å²) in [5.41, 5.74) is 4.44. The third-order valence-corrected chi connectivity index (χ3v) is 6.78. The topological polar surface area (TPSA) is 76.7 Å². The largest absolute Gasteiger partial charge is 0.489 e. The molecule has 160 valence electrons. The lowest BCUT2D eigenvalue weighted by atomic mass is 9.95. The van der Waals surface area contributed by atoms with E-state index in [2.05, 4.69) is 30.4 Å². The van der Waals surface area contributed by atoms with Crippen LogP contribution >= 0.6 is 0 Å². The van der Waals surface area contributed by atoms with Crippen LogP contribution in [-0.2, 0) is 21.0 Å². The van der Waals surface area contributed by atoms with Crippen molar-refractivity contribution >= 4 is 19.9 Å². The summed E-state index contributed by atoms with van der Waals surface area (Å²) < 4.78 is 5.80. The van der Waals surface area contributed by atoms with Gasteiger partial charge in [-0.25, -0.2) is 5.48 Å². The molecule has 2 aromatic rings. The van der Waals surface area contributed by atoms with Crippen LogP contribution in [0.5, 0.6) is 5.75 Å². The second-order valence-corrected chi connectivity index (χ2v) is 14.4. The first-order valence-corrected chi connectivity index (χ1v) is 14.0. The predicted molar refractivity (Wildman–Crippen MR) is 119 cm³/mol. The molecule has 1 aliphatic rings. The molecule has 1 heterocycles. The van der Waals surface area contributed by atoms with Crippen molar-refractivity contribution in [2.75, 3.05) is 6.61 Å². The van der Waals surface area contributed by atoms with Crippen LogP contribution in [0.2, 0.25) is 25.7 Å². The highest BCUT2D eigenvalue weighted by Crippen LogP contribution is 2.28. The molecule has 2 N–H and O–H groups in total. The molecule has 1 fully saturated rings. The molecule has 0 saturated carbocycles. The fourth-order valence-corrected chi connectivity index (χ4v) is 3.94. The smallest absolute Gasteiger partial charge is 0.266 e. The number of amides is 2. The SMILES string of the molecule is C[Si](C)(C)CCONC(=O)[C@H]1C[C@@H](c2ccc(OCc3ccccc3)cc2)C(=O)N1. The van der Waals surface area contributed by atoms with E-state index in [4.69, 9.17) is 9.57 Å². The third kappa shape index (κ3) is 6.43. The number of hydrogen-bond donors (Lipinski definition) is 2. The molecule has 2 atom stereocenters. The molecular formula is C23H30N2O4Si. The average molecular weight is 427 g/mol. The van der Waals surface area contributed by atoms with Crippen LogP contribution in [0.15, 0.2) is 54.6 Å². The second-order valence-electron chi connectivity index (χ2n) is 8.82. The Labute approximate surface area is 178 Å². The molecule has 0 aliphatic carbocycles. The molecule has 3 rings (SSSR count). The zero-order chi connectivity index (χ0) is 21.6. The molecule has 0 bridgehead atoms. The van der Waals surface area contributed by atoms with E-state index in [0.29, 0.717) is 19.6 Å². The molecule has 0 unspecified atom stereocenters. The van der Waals surface area contributed by atoms with Crippen molar-refractivity contribution in [3.05, 3.63) is 65.7 Å². The average Bonchev–Trinajstić information content (AvgIpc) is 3.12. The van der Waals surface area contributed by atoms with Gasteiger partial charge in [0.1, 0.15) is 18.4 Å². The van der Waals surface area contributed by atoms with Crippen LogP contribution in [-0.4, -0.2) is 32.5 Å². The Kier molecular flexibility index (Phi) is 7.28. The van der Waals surface area contributed by atoms with Crippen molar-refractivity contribution in [2.24, 2.45) is 0 Å². The van der Waals surface area contributed by atoms with Gasteiger partial charge in [-0.2, -0.15) is 0 Å². The van der Waals surface area contributed by atoms with Gasteiger partial charge in [-0.05, 0) is 35.7 Å². The van der Waals surface area contributed by atoms with Gasteiger partial charge in [0.15, 0.2) is 0 Å². The van der Waals surface area contributed by atoms with Crippen LogP contribution in [0.25, 0.3) is 0 Å². The zero-order valence-corrected chi connectivity index (χ0v) is 18.8. The van der Waals surface area contributed by atoms with Crippen molar-refractivity contribution in [3.63, 3.8) is 0 Å². The molecular weight excluding hydrogens is 396 g/mol. The molecule has 2 aromatic carbocycles. The van der Waals surface area contributed by atoms with Crippen molar-refractivity contribution in [1.82, 2.24) is 10.8 Å². The van der Waals surface area contributed by atoms with Gasteiger partial charge in [-0.15, -0.1) is 0 Å². The first-order chi connectivity index (χ1) is 14.3. The number of nitrogens with one attached hydrogen (secondary N) is 2. The van der Waals surface area contributed by atoms with E-state index in [1.807, 2.05) is 54.6 Å². The quantitative estimate of drug-likeness (QED) is 0.365. The molecule has 0 spiro atoms. The summed E-state index contributed by atoms with van der Waals surface area (Å²) >= 11 is 0. The van der Waals surface area contributed by atoms with Crippen LogP contribution in [0.3, 0.4) is 0 Å². The van der Waals surface area contributed by atoms with Crippen LogP contribution in [0.1, 0.15) is 23.5 Å². The molecule has 1 aliphatic heterocycles. The summed E-state index contributed by atoms with van der Waals surface area (Å²) in [6.45, 7) is 7.73. The third-order valence-electron chi connectivity index (χ3n) is 5.08. The first kappa shape index (κ1) is 22.1. The maximum atomic E-state index is 12.4. The summed E-state index contributed by atoms with van der Waals surface area (Å²) in [6.07, 6.45) is 0.409. The maximum Gasteiger partial charge on any atom is 0.266 e. The van der Waals surface area contributed by atoms with E-state index < -0.39 is 14.1 Å². The molecule has 2 amide bonds. The fraction of sp³-hybridized carbons (Fsp3) is 0.391. The lowest BCUT2D eigenvalue weighted by Gasteiger charge is -2.16. The van der Waals surface area contributed by atoms with Crippen LogP contribution in [0, 0.1) is 0 Å². The van der Waals surface area contributed by atoms with E-state index in [9.17, 15) is 9.59 Å². The highest BCUT2D eigenvalue weighted by Gasteiger charge is 2.37. The summed E-state index contributed by atoms with van der Waals surface area (Å²) in [5.74, 6) is -0.0588. The minimum atomic E-state index is -1.21. The van der Waals surface area contributed by atoms with Crippen LogP contribution < -0.4 is 15.5 Å². The van der Waals surface area contributed by atoms with Crippen LogP contribution in [0.4, 0.5) is 0 Å². The van der Waals surface area contributed by atoms with Gasteiger partial charge in [0.2, 0.25) is 5.91 Å². The van der Waals surface area contributed by atoms with E-state index >= 15 is 0 Å². The van der Waals surface area contributed by atoms with Crippen molar-refractivity contribution in [2.45, 2.75) is 50.7 Å². The maximum absolute atomic E-state index is 12.4. The summed E-state index contributed by atoms with van der Waals surface area (Å²) in [6, 6.07) is 17.8. The Hall–Kier alpha value is -2.64. The number of hydrogen-bond acceptors (Lipinski definition) is 4. The Morgan fingerprint density at radius 1 is 1.10 bits per heavy atom. The summed E-state index contributed by atoms with van der Waals surface area (Å²) in [5, 5.41) is 2.77. The second kappa shape index (κ2) is 9.91. The molecule has 30 heavy (non-hydrogen) atoms. The number of carbonyl (C=O) groups excluding carboxylic acids is 2. The zero-order valence-electron chi connectivity index (χ0n) is 17.8. The van der Waals surface area contributed by atoms with Gasteiger partial charge in [0.25, 0.3) is 5.91 Å². The Bertz CT molecular complexity index is 850. The van der Waals surface area contributed by atoms with E-state index in [0.717, 1.165) is 22.9 Å². The molecule has 1 saturated heterocycles. The van der Waals surface area contributed by atoms with E-state index in [-0.39, 0.29) is 17.7 Å². The first-order valence-electron chi connectivity index (χ1n) is 10.3. The molecule has 7 heteroatoms. The fourth-order valence-electron chi connectivity index (χ4n) is 3.22. The Morgan fingerprint density at radius 2 is 1.80 bits per heavy atom. The van der Waals surface area contributed by atoms with Gasteiger partial charge in [-0.1, -0.05) is 62.1 Å². The molecule has 0 radical (unpaired) electrons. The van der Waals surface area contributed by atoms with E-state index in [1.165, 1.54) is 0 Å². The normalized spacial score (nSPS) is 18.7. The van der Waals surface area contributed by atoms with Crippen molar-refractivity contribution in [3.8, 4) is 5.75 Å². The highest BCUT2D eigenvalue weighted by molar-refractivity contribution is 6.76. The number of hydroxylamine groups is 1. The lowest BCUT2D eigenvalue weighted by Crippen LogP contribution is -2.42. The number of ether oxygens (including phenoxy) is 1. The summed E-state index contributed by atoms with van der Waals surface area (Å²) in [4.78, 5) is 30.0. The van der Waals surface area contributed by atoms with Gasteiger partial charge >= 0.3 is 0 Å². The Balaban J connectivity index is 1.49. The summed E-state index contributed by atoms with van der Waals surface area (Å²) in [7, 11) is -1.21. The van der Waals surface area contributed by atoms with Crippen molar-refractivity contribution in [1.29, 1.82) is 0 Å². The lowest BCUT2D eigenvalue weighted by molar-refractivity contribution is -0.136. The number of rotatable bonds is 9. The molecule has 6 nitrogen and oxygen atoms in total. The van der Waals surface area contributed by atoms with Gasteiger partial charge in [0, 0.05) is 8.07 Å². The van der Waals surface area contributed by atoms with Gasteiger partial charge in [-0.3, -0.25) is 14.4 Å². The van der Waals surface area contributed by atoms with E-state index in [1.54, 1.807) is 0 Å². The van der Waals surface area contributed by atoms with Crippen molar-refractivity contribution < 1.29 is 19.2 Å². The Morgan fingerprint density at radius 3 is 2.47 bits per heavy atom. The highest BCUT2D eigenvalue weighted by atomic mass is 28.3. The monoisotopic (exact) mass is 426 g/mol. The van der Waals surface area contributed by atoms with Gasteiger partial charge in [0.05, 0.1) is 12.5 Å². The van der Waals surface area contributed by atoms with Gasteiger partial charge < -0.3 is 10.1 Å². The molecule has 0 aromatic heterocycles. The predicted octanol–water partition coefficient (Wildman–Crippen LogP) is 3.62. The standard InChI is InChI=1S/C23H30N2O4Si/c1-30(2,3)14-13-29-25-23(27)21-15-20(22(26)24-21)18-9-11-19(12-10-18)28-16-17-7-5-4-6-8-17/h4-12,20-21H,13-16H2,1-3H3,(H,24,26)(H,25,27)/t20-,21+/m0/s1.